The Morgan fingerprint density at radius 2 is 2.41 bits per heavy atom. The highest BCUT2D eigenvalue weighted by Gasteiger charge is 2.56. The van der Waals surface area contributed by atoms with Gasteiger partial charge in [-0.05, 0) is 24.8 Å². The Morgan fingerprint density at radius 1 is 1.76 bits per heavy atom. The Labute approximate surface area is 114 Å². The third-order valence-corrected chi connectivity index (χ3v) is 4.76. The molecule has 1 aliphatic rings. The van der Waals surface area contributed by atoms with Crippen LogP contribution in [0.15, 0.2) is 17.5 Å². The van der Waals surface area contributed by atoms with Crippen LogP contribution in [0.1, 0.15) is 18.2 Å². The molecule has 0 unspecified atom stereocenters. The number of thiophene rings is 1. The van der Waals surface area contributed by atoms with Gasteiger partial charge in [-0.3, -0.25) is 4.79 Å². The molecule has 6 heteroatoms. The number of hydrogen-bond donors (Lipinski definition) is 2. The number of nitrogens with one attached hydrogen (secondary N) is 1. The predicted molar refractivity (Wildman–Crippen MR) is 69.4 cm³/mol. The molecule has 1 fully saturated rings. The van der Waals surface area contributed by atoms with Crippen molar-refractivity contribution in [3.8, 4) is 0 Å². The lowest BCUT2D eigenvalue weighted by Gasteiger charge is -2.22. The Bertz CT molecular complexity index is 417. The lowest BCUT2D eigenvalue weighted by Crippen LogP contribution is -2.39. The first-order chi connectivity index (χ1) is 7.83. The van der Waals surface area contributed by atoms with E-state index in [1.165, 1.54) is 11.3 Å². The first-order valence-corrected chi connectivity index (χ1v) is 6.88. The second kappa shape index (κ2) is 4.43. The highest BCUT2D eigenvalue weighted by molar-refractivity contribution is 7.10. The second-order valence-electron chi connectivity index (χ2n) is 4.49. The van der Waals surface area contributed by atoms with Gasteiger partial charge < -0.3 is 10.4 Å². The van der Waals surface area contributed by atoms with Crippen LogP contribution in [-0.4, -0.2) is 21.9 Å². The fourth-order valence-electron chi connectivity index (χ4n) is 1.55. The molecule has 0 bridgehead atoms. The maximum absolute atomic E-state index is 11.6. The molecule has 0 aliphatic heterocycles. The molecule has 1 aromatic heterocycles. The molecule has 1 amide bonds. The number of amides is 1. The minimum Gasteiger partial charge on any atom is -0.383 e. The van der Waals surface area contributed by atoms with Crippen molar-refractivity contribution in [2.24, 2.45) is 5.92 Å². The molecule has 1 saturated carbocycles. The van der Waals surface area contributed by atoms with Gasteiger partial charge in [-0.25, -0.2) is 0 Å². The SMILES string of the molecule is C[C@@](O)(CNC(=O)[C@@H]1CC1(Cl)Cl)c1cccs1. The number of rotatable bonds is 4. The molecule has 0 spiro atoms. The van der Waals surface area contributed by atoms with E-state index in [0.717, 1.165) is 4.88 Å². The smallest absolute Gasteiger partial charge is 0.226 e. The van der Waals surface area contributed by atoms with Gasteiger partial charge >= 0.3 is 0 Å². The van der Waals surface area contributed by atoms with Crippen LogP contribution in [0.5, 0.6) is 0 Å². The van der Waals surface area contributed by atoms with E-state index in [0.29, 0.717) is 6.42 Å². The third-order valence-electron chi connectivity index (χ3n) is 2.80. The fraction of sp³-hybridized carbons (Fsp3) is 0.545. The maximum atomic E-state index is 11.6. The number of aliphatic hydroxyl groups is 1. The van der Waals surface area contributed by atoms with Gasteiger partial charge in [-0.1, -0.05) is 6.07 Å². The summed E-state index contributed by atoms with van der Waals surface area (Å²) in [6.45, 7) is 1.83. The summed E-state index contributed by atoms with van der Waals surface area (Å²) in [7, 11) is 0. The molecule has 0 radical (unpaired) electrons. The summed E-state index contributed by atoms with van der Waals surface area (Å²) in [4.78, 5) is 12.5. The normalized spacial score (nSPS) is 25.1. The quantitative estimate of drug-likeness (QED) is 0.837. The zero-order valence-corrected chi connectivity index (χ0v) is 11.6. The highest BCUT2D eigenvalue weighted by Crippen LogP contribution is 2.53. The molecular formula is C11H13Cl2NO2S. The van der Waals surface area contributed by atoms with Crippen LogP contribution in [-0.2, 0) is 10.4 Å². The number of halogens is 2. The summed E-state index contributed by atoms with van der Waals surface area (Å²) in [5.74, 6) is -0.559. The standard InChI is InChI=1S/C11H13Cl2NO2S/c1-10(16,8-3-2-4-17-8)6-14-9(15)7-5-11(7,12)13/h2-4,7,16H,5-6H2,1H3,(H,14,15)/t7-,10+/m0/s1. The molecule has 1 heterocycles. The van der Waals surface area contributed by atoms with E-state index >= 15 is 0 Å². The van der Waals surface area contributed by atoms with Crippen molar-refractivity contribution in [3.05, 3.63) is 22.4 Å². The average Bonchev–Trinajstić information content (AvgIpc) is 2.73. The van der Waals surface area contributed by atoms with Gasteiger partial charge in [0, 0.05) is 4.88 Å². The number of hydrogen-bond acceptors (Lipinski definition) is 3. The van der Waals surface area contributed by atoms with Crippen molar-refractivity contribution in [1.82, 2.24) is 5.32 Å². The van der Waals surface area contributed by atoms with Gasteiger partial charge in [0.25, 0.3) is 0 Å². The predicted octanol–water partition coefficient (Wildman–Crippen LogP) is 2.27. The van der Waals surface area contributed by atoms with Crippen LogP contribution >= 0.6 is 34.5 Å². The van der Waals surface area contributed by atoms with E-state index < -0.39 is 9.93 Å². The summed E-state index contributed by atoms with van der Waals surface area (Å²) in [5, 5.41) is 14.7. The minimum absolute atomic E-state index is 0.159. The molecule has 0 aromatic carbocycles. The Hall–Kier alpha value is -0.290. The summed E-state index contributed by atoms with van der Waals surface area (Å²) in [5.41, 5.74) is -1.06. The van der Waals surface area contributed by atoms with E-state index in [1.807, 2.05) is 17.5 Å². The topological polar surface area (TPSA) is 49.3 Å². The van der Waals surface area contributed by atoms with E-state index in [1.54, 1.807) is 6.92 Å². The third kappa shape index (κ3) is 2.94. The maximum Gasteiger partial charge on any atom is 0.226 e. The highest BCUT2D eigenvalue weighted by atomic mass is 35.5. The fourth-order valence-corrected chi connectivity index (χ4v) is 2.85. The summed E-state index contributed by atoms with van der Waals surface area (Å²) in [6, 6.07) is 3.70. The van der Waals surface area contributed by atoms with Crippen LogP contribution in [0.25, 0.3) is 0 Å². The van der Waals surface area contributed by atoms with Crippen LogP contribution in [0.3, 0.4) is 0 Å². The van der Waals surface area contributed by atoms with Crippen molar-refractivity contribution in [2.75, 3.05) is 6.54 Å². The van der Waals surface area contributed by atoms with Crippen LogP contribution in [0, 0.1) is 5.92 Å². The van der Waals surface area contributed by atoms with Gasteiger partial charge in [-0.15, -0.1) is 34.5 Å². The first kappa shape index (κ1) is 13.1. The molecule has 94 valence electrons. The number of carbonyl (C=O) groups is 1. The minimum atomic E-state index is -1.06. The van der Waals surface area contributed by atoms with Crippen LogP contribution in [0.4, 0.5) is 0 Å². The van der Waals surface area contributed by atoms with E-state index in [9.17, 15) is 9.90 Å². The molecule has 2 atom stereocenters. The lowest BCUT2D eigenvalue weighted by molar-refractivity contribution is -0.123. The largest absolute Gasteiger partial charge is 0.383 e. The van der Waals surface area contributed by atoms with E-state index in [-0.39, 0.29) is 18.4 Å². The van der Waals surface area contributed by atoms with E-state index in [2.05, 4.69) is 5.32 Å². The number of alkyl halides is 2. The zero-order valence-electron chi connectivity index (χ0n) is 9.24. The van der Waals surface area contributed by atoms with Gasteiger partial charge in [-0.2, -0.15) is 0 Å². The second-order valence-corrected chi connectivity index (χ2v) is 6.98. The van der Waals surface area contributed by atoms with Crippen molar-refractivity contribution in [1.29, 1.82) is 0 Å². The molecule has 3 nitrogen and oxygen atoms in total. The zero-order chi connectivity index (χ0) is 12.7. The number of carbonyl (C=O) groups excluding carboxylic acids is 1. The Balaban J connectivity index is 1.88. The van der Waals surface area contributed by atoms with Gasteiger partial charge in [0.1, 0.15) is 9.93 Å². The van der Waals surface area contributed by atoms with Crippen molar-refractivity contribution in [3.63, 3.8) is 0 Å². The van der Waals surface area contributed by atoms with E-state index in [4.69, 9.17) is 23.2 Å². The molecule has 0 saturated heterocycles. The monoisotopic (exact) mass is 293 g/mol. The summed E-state index contributed by atoms with van der Waals surface area (Å²) in [6.07, 6.45) is 0.475. The van der Waals surface area contributed by atoms with Crippen molar-refractivity contribution in [2.45, 2.75) is 23.3 Å². The Kier molecular flexibility index (Phi) is 3.42. The van der Waals surface area contributed by atoms with Gasteiger partial charge in [0.05, 0.1) is 12.5 Å². The molecule has 1 aromatic rings. The van der Waals surface area contributed by atoms with Crippen LogP contribution < -0.4 is 5.32 Å². The van der Waals surface area contributed by atoms with Crippen LogP contribution in [0.2, 0.25) is 0 Å². The van der Waals surface area contributed by atoms with Crippen molar-refractivity contribution < 1.29 is 9.90 Å². The lowest BCUT2D eigenvalue weighted by atomic mass is 10.1. The molecule has 17 heavy (non-hydrogen) atoms. The molecule has 2 rings (SSSR count). The summed E-state index contributed by atoms with van der Waals surface area (Å²) >= 11 is 13.0. The molecule has 2 N–H and O–H groups in total. The van der Waals surface area contributed by atoms with Gasteiger partial charge in [0.2, 0.25) is 5.91 Å². The van der Waals surface area contributed by atoms with Gasteiger partial charge in [0.15, 0.2) is 0 Å². The summed E-state index contributed by atoms with van der Waals surface area (Å²) < 4.78 is -0.918. The Morgan fingerprint density at radius 3 is 2.88 bits per heavy atom. The van der Waals surface area contributed by atoms with Crippen molar-refractivity contribution >= 4 is 40.4 Å². The first-order valence-electron chi connectivity index (χ1n) is 5.25. The molecule has 1 aliphatic carbocycles. The average molecular weight is 294 g/mol. The molecular weight excluding hydrogens is 281 g/mol.